The van der Waals surface area contributed by atoms with Crippen molar-refractivity contribution in [1.29, 1.82) is 0 Å². The first-order chi connectivity index (χ1) is 7.72. The number of fused-ring (bicyclic) bond motifs is 1. The molecule has 4 heteroatoms. The van der Waals surface area contributed by atoms with Gasteiger partial charge in [-0.15, -0.1) is 0 Å². The molecular formula is C12H17N3O. The summed E-state index contributed by atoms with van der Waals surface area (Å²) >= 11 is 0. The zero-order chi connectivity index (χ0) is 11.2. The van der Waals surface area contributed by atoms with Gasteiger partial charge in [0.1, 0.15) is 5.60 Å². The average Bonchev–Trinajstić information content (AvgIpc) is 2.84. The zero-order valence-corrected chi connectivity index (χ0v) is 9.26. The number of aliphatic hydroxyl groups is 1. The van der Waals surface area contributed by atoms with Crippen LogP contribution in [-0.4, -0.2) is 34.1 Å². The predicted molar refractivity (Wildman–Crippen MR) is 61.8 cm³/mol. The van der Waals surface area contributed by atoms with Crippen LogP contribution in [0.4, 0.5) is 5.69 Å². The third kappa shape index (κ3) is 1.26. The molecule has 86 valence electrons. The highest BCUT2D eigenvalue weighted by Crippen LogP contribution is 2.44. The molecule has 0 aliphatic carbocycles. The number of nitrogens with zero attached hydrogens (tertiary/aromatic N) is 2. The van der Waals surface area contributed by atoms with E-state index in [0.29, 0.717) is 5.69 Å². The van der Waals surface area contributed by atoms with Crippen LogP contribution < -0.4 is 5.73 Å². The normalized spacial score (nSPS) is 34.2. The number of hydrogen-bond acceptors (Lipinski definition) is 4. The Balaban J connectivity index is 2.02. The van der Waals surface area contributed by atoms with Gasteiger partial charge in [0.05, 0.1) is 0 Å². The van der Waals surface area contributed by atoms with E-state index in [1.165, 1.54) is 6.42 Å². The summed E-state index contributed by atoms with van der Waals surface area (Å²) in [6.45, 7) is 2.07. The van der Waals surface area contributed by atoms with Gasteiger partial charge < -0.3 is 10.8 Å². The van der Waals surface area contributed by atoms with Crippen LogP contribution in [0.1, 0.15) is 24.8 Å². The van der Waals surface area contributed by atoms with Gasteiger partial charge in [0, 0.05) is 36.2 Å². The molecule has 0 saturated carbocycles. The maximum atomic E-state index is 10.9. The minimum atomic E-state index is -0.783. The van der Waals surface area contributed by atoms with Crippen molar-refractivity contribution in [2.45, 2.75) is 30.9 Å². The lowest BCUT2D eigenvalue weighted by molar-refractivity contribution is 0.00979. The van der Waals surface area contributed by atoms with Crippen LogP contribution in [0.2, 0.25) is 0 Å². The molecule has 3 N–H and O–H groups in total. The van der Waals surface area contributed by atoms with Gasteiger partial charge in [0.25, 0.3) is 0 Å². The molecule has 0 bridgehead atoms. The molecule has 2 atom stereocenters. The molecule has 1 aromatic heterocycles. The highest BCUT2D eigenvalue weighted by Gasteiger charge is 2.49. The fourth-order valence-corrected chi connectivity index (χ4v) is 3.20. The van der Waals surface area contributed by atoms with Crippen molar-refractivity contribution in [3.63, 3.8) is 0 Å². The van der Waals surface area contributed by atoms with Gasteiger partial charge in [-0.05, 0) is 31.9 Å². The Morgan fingerprint density at radius 1 is 1.50 bits per heavy atom. The van der Waals surface area contributed by atoms with E-state index in [9.17, 15) is 5.11 Å². The Morgan fingerprint density at radius 2 is 2.38 bits per heavy atom. The molecule has 16 heavy (non-hydrogen) atoms. The van der Waals surface area contributed by atoms with Crippen LogP contribution in [0.25, 0.3) is 0 Å². The first kappa shape index (κ1) is 10.1. The highest BCUT2D eigenvalue weighted by atomic mass is 16.3. The van der Waals surface area contributed by atoms with Gasteiger partial charge in [-0.2, -0.15) is 0 Å². The van der Waals surface area contributed by atoms with Crippen molar-refractivity contribution in [3.8, 4) is 0 Å². The molecule has 0 aromatic carbocycles. The maximum Gasteiger partial charge on any atom is 0.110 e. The molecule has 2 fully saturated rings. The highest BCUT2D eigenvalue weighted by molar-refractivity contribution is 5.49. The second-order valence-electron chi connectivity index (χ2n) is 4.83. The lowest BCUT2D eigenvalue weighted by atomic mass is 9.85. The number of nitrogen functional groups attached to an aromatic ring is 1. The molecule has 1 aromatic rings. The molecule has 0 amide bonds. The first-order valence-corrected chi connectivity index (χ1v) is 5.88. The van der Waals surface area contributed by atoms with Crippen molar-refractivity contribution < 1.29 is 5.11 Å². The van der Waals surface area contributed by atoms with Gasteiger partial charge in [-0.25, -0.2) is 0 Å². The molecule has 4 nitrogen and oxygen atoms in total. The number of aromatic nitrogens is 1. The Kier molecular flexibility index (Phi) is 2.16. The van der Waals surface area contributed by atoms with Crippen LogP contribution in [-0.2, 0) is 5.60 Å². The summed E-state index contributed by atoms with van der Waals surface area (Å²) in [6, 6.07) is 2.00. The minimum Gasteiger partial charge on any atom is -0.398 e. The zero-order valence-electron chi connectivity index (χ0n) is 9.26. The van der Waals surface area contributed by atoms with Crippen LogP contribution in [0.3, 0.4) is 0 Å². The third-order valence-corrected chi connectivity index (χ3v) is 4.02. The minimum absolute atomic E-state index is 0.235. The largest absolute Gasteiger partial charge is 0.398 e. The molecule has 0 radical (unpaired) electrons. The standard InChI is InChI=1S/C12H17N3O/c13-10-3-5-14-8-9(10)12(16)4-7-15-6-1-2-11(12)15/h3,5,8,11,16H,1-2,4,6-7H2,(H2,13,14). The van der Waals surface area contributed by atoms with Gasteiger partial charge in [-0.1, -0.05) is 0 Å². The molecule has 2 aliphatic heterocycles. The van der Waals surface area contributed by atoms with E-state index in [0.717, 1.165) is 31.5 Å². The van der Waals surface area contributed by atoms with Crippen molar-refractivity contribution in [2.24, 2.45) is 0 Å². The monoisotopic (exact) mass is 219 g/mol. The number of rotatable bonds is 1. The van der Waals surface area contributed by atoms with Gasteiger partial charge in [0.2, 0.25) is 0 Å². The molecule has 0 spiro atoms. The third-order valence-electron chi connectivity index (χ3n) is 4.02. The SMILES string of the molecule is Nc1ccncc1C1(O)CCN2CCCC21. The summed E-state index contributed by atoms with van der Waals surface area (Å²) in [5, 5.41) is 10.9. The maximum absolute atomic E-state index is 10.9. The Labute approximate surface area is 95.1 Å². The average molecular weight is 219 g/mol. The summed E-state index contributed by atoms with van der Waals surface area (Å²) < 4.78 is 0. The predicted octanol–water partition coefficient (Wildman–Crippen LogP) is 0.720. The van der Waals surface area contributed by atoms with E-state index >= 15 is 0 Å². The first-order valence-electron chi connectivity index (χ1n) is 5.88. The Bertz CT molecular complexity index is 409. The van der Waals surface area contributed by atoms with Crippen molar-refractivity contribution in [2.75, 3.05) is 18.8 Å². The fraction of sp³-hybridized carbons (Fsp3) is 0.583. The lowest BCUT2D eigenvalue weighted by Crippen LogP contribution is -2.39. The molecule has 3 rings (SSSR count). The summed E-state index contributed by atoms with van der Waals surface area (Å²) in [7, 11) is 0. The smallest absolute Gasteiger partial charge is 0.110 e. The summed E-state index contributed by atoms with van der Waals surface area (Å²) in [6.07, 6.45) is 6.40. The lowest BCUT2D eigenvalue weighted by Gasteiger charge is -2.30. The van der Waals surface area contributed by atoms with Crippen LogP contribution in [0, 0.1) is 0 Å². The van der Waals surface area contributed by atoms with E-state index in [1.54, 1.807) is 18.5 Å². The van der Waals surface area contributed by atoms with E-state index in [4.69, 9.17) is 5.73 Å². The quantitative estimate of drug-likeness (QED) is 0.730. The van der Waals surface area contributed by atoms with Gasteiger partial charge >= 0.3 is 0 Å². The van der Waals surface area contributed by atoms with Crippen LogP contribution >= 0.6 is 0 Å². The molecule has 2 unspecified atom stereocenters. The molecule has 2 saturated heterocycles. The van der Waals surface area contributed by atoms with Crippen molar-refractivity contribution >= 4 is 5.69 Å². The fourth-order valence-electron chi connectivity index (χ4n) is 3.20. The molecular weight excluding hydrogens is 202 g/mol. The van der Waals surface area contributed by atoms with Gasteiger partial charge in [0.15, 0.2) is 0 Å². The van der Waals surface area contributed by atoms with E-state index < -0.39 is 5.60 Å². The second kappa shape index (κ2) is 3.43. The summed E-state index contributed by atoms with van der Waals surface area (Å²) in [4.78, 5) is 6.46. The number of nitrogens with two attached hydrogens (primary N) is 1. The van der Waals surface area contributed by atoms with Crippen molar-refractivity contribution in [3.05, 3.63) is 24.0 Å². The molecule has 2 aliphatic rings. The number of pyridine rings is 1. The topological polar surface area (TPSA) is 62.4 Å². The summed E-state index contributed by atoms with van der Waals surface area (Å²) in [5.74, 6) is 0. The van der Waals surface area contributed by atoms with Crippen LogP contribution in [0.15, 0.2) is 18.5 Å². The van der Waals surface area contributed by atoms with E-state index in [1.807, 2.05) is 0 Å². The van der Waals surface area contributed by atoms with Gasteiger partial charge in [-0.3, -0.25) is 9.88 Å². The number of anilines is 1. The van der Waals surface area contributed by atoms with Crippen molar-refractivity contribution in [1.82, 2.24) is 9.88 Å². The Hall–Kier alpha value is -1.13. The molecule has 3 heterocycles. The van der Waals surface area contributed by atoms with E-state index in [2.05, 4.69) is 9.88 Å². The second-order valence-corrected chi connectivity index (χ2v) is 4.83. The number of hydrogen-bond donors (Lipinski definition) is 2. The van der Waals surface area contributed by atoms with E-state index in [-0.39, 0.29) is 6.04 Å². The van der Waals surface area contributed by atoms with Crippen LogP contribution in [0.5, 0.6) is 0 Å². The summed E-state index contributed by atoms with van der Waals surface area (Å²) in [5.41, 5.74) is 6.64. The Morgan fingerprint density at radius 3 is 3.19 bits per heavy atom.